The van der Waals surface area contributed by atoms with Gasteiger partial charge in [0.15, 0.2) is 6.29 Å². The van der Waals surface area contributed by atoms with Gasteiger partial charge in [0.2, 0.25) is 0 Å². The minimum absolute atomic E-state index is 0.0258. The molecular formula is C6H12O6. The van der Waals surface area contributed by atoms with E-state index in [2.05, 4.69) is 0 Å². The number of aliphatic hydroxyl groups excluding tert-OH is 5. The van der Waals surface area contributed by atoms with E-state index in [0.717, 1.165) is 0 Å². The Morgan fingerprint density at radius 3 is 1.92 bits per heavy atom. The average Bonchev–Trinajstić information content (AvgIpc) is 2.12. The molecule has 12 heavy (non-hydrogen) atoms. The van der Waals surface area contributed by atoms with Crippen LogP contribution in [0, 0.1) is 0 Å². The predicted molar refractivity (Wildman–Crippen MR) is 37.2 cm³/mol. The van der Waals surface area contributed by atoms with Crippen molar-refractivity contribution in [1.82, 2.24) is 0 Å². The average molecular weight is 181 g/mol. The lowest BCUT2D eigenvalue weighted by Gasteiger charge is -2.22. The highest BCUT2D eigenvalue weighted by atomic mass is 16.4. The van der Waals surface area contributed by atoms with Crippen LogP contribution in [0.25, 0.3) is 0 Å². The first kappa shape index (κ1) is 11.5. The maximum Gasteiger partial charge on any atom is 0.151 e. The molecule has 6 heteroatoms. The lowest BCUT2D eigenvalue weighted by Crippen LogP contribution is -2.46. The molecule has 0 fully saturated rings. The van der Waals surface area contributed by atoms with Gasteiger partial charge in [-0.15, -0.1) is 0 Å². The van der Waals surface area contributed by atoms with E-state index in [9.17, 15) is 4.79 Å². The number of aliphatic hydroxyl groups is 5. The van der Waals surface area contributed by atoms with Crippen LogP contribution in [0.3, 0.4) is 0 Å². The number of carbonyl (C=O) groups is 1. The summed E-state index contributed by atoms with van der Waals surface area (Å²) in [6.45, 7) is -0.760. The van der Waals surface area contributed by atoms with Gasteiger partial charge in [0.25, 0.3) is 0 Å². The highest BCUT2D eigenvalue weighted by Crippen LogP contribution is 2.02. The van der Waals surface area contributed by atoms with Gasteiger partial charge in [-0.2, -0.15) is 0 Å². The SMILES string of the molecule is O=C[13C@@H](O)[C@H](O)[C@@H](O)[C@@H](O)CO. The first-order valence-electron chi connectivity index (χ1n) is 3.33. The molecular weight excluding hydrogens is 169 g/mol. The lowest BCUT2D eigenvalue weighted by molar-refractivity contribution is -0.136. The number of aldehydes is 1. The van der Waals surface area contributed by atoms with Gasteiger partial charge in [0, 0.05) is 0 Å². The van der Waals surface area contributed by atoms with Crippen LogP contribution in [0.4, 0.5) is 0 Å². The number of rotatable bonds is 5. The minimum atomic E-state index is -1.79. The van der Waals surface area contributed by atoms with Crippen LogP contribution in [0.5, 0.6) is 0 Å². The lowest BCUT2D eigenvalue weighted by atomic mass is 10.1. The molecule has 0 heterocycles. The molecule has 0 unspecified atom stereocenters. The molecule has 0 aliphatic heterocycles. The molecule has 4 atom stereocenters. The Morgan fingerprint density at radius 2 is 1.58 bits per heavy atom. The van der Waals surface area contributed by atoms with E-state index < -0.39 is 31.0 Å². The third-order valence-electron chi connectivity index (χ3n) is 1.42. The van der Waals surface area contributed by atoms with Gasteiger partial charge in [0.1, 0.15) is 24.4 Å². The van der Waals surface area contributed by atoms with Crippen LogP contribution in [0.1, 0.15) is 0 Å². The zero-order valence-corrected chi connectivity index (χ0v) is 6.24. The summed E-state index contributed by atoms with van der Waals surface area (Å²) in [4.78, 5) is 9.90. The predicted octanol–water partition coefficient (Wildman–Crippen LogP) is -3.38. The van der Waals surface area contributed by atoms with E-state index in [4.69, 9.17) is 25.5 Å². The summed E-state index contributed by atoms with van der Waals surface area (Å²) in [7, 11) is 0. The topological polar surface area (TPSA) is 118 Å². The second-order valence-corrected chi connectivity index (χ2v) is 2.36. The molecule has 0 saturated carbocycles. The standard InChI is InChI=1S/C6H12O6/c7-1-3(9)5(11)6(12)4(10)2-8/h1,3-6,8-12H,2H2/t3-,4+,5+,6+/m1/s1/i3+1. The summed E-state index contributed by atoms with van der Waals surface area (Å²) < 4.78 is 0. The highest BCUT2D eigenvalue weighted by molar-refractivity contribution is 5.56. The van der Waals surface area contributed by atoms with Crippen LogP contribution in [0.2, 0.25) is 0 Å². The number of hydrogen-bond donors (Lipinski definition) is 5. The fraction of sp³-hybridized carbons (Fsp3) is 0.833. The molecule has 0 aromatic rings. The minimum Gasteiger partial charge on any atom is -0.394 e. The first-order valence-corrected chi connectivity index (χ1v) is 3.33. The summed E-state index contributed by atoms with van der Waals surface area (Å²) in [6, 6.07) is 0. The maximum absolute atomic E-state index is 9.90. The third kappa shape index (κ3) is 2.84. The van der Waals surface area contributed by atoms with E-state index in [1.54, 1.807) is 0 Å². The van der Waals surface area contributed by atoms with E-state index in [0.29, 0.717) is 0 Å². The highest BCUT2D eigenvalue weighted by Gasteiger charge is 2.29. The number of hydrogen-bond acceptors (Lipinski definition) is 6. The van der Waals surface area contributed by atoms with E-state index in [1.807, 2.05) is 0 Å². The van der Waals surface area contributed by atoms with E-state index in [1.165, 1.54) is 0 Å². The monoisotopic (exact) mass is 181 g/mol. The van der Waals surface area contributed by atoms with Gasteiger partial charge in [-0.3, -0.25) is 0 Å². The van der Waals surface area contributed by atoms with Crippen molar-refractivity contribution >= 4 is 6.29 Å². The van der Waals surface area contributed by atoms with Gasteiger partial charge in [-0.05, 0) is 0 Å². The van der Waals surface area contributed by atoms with Crippen molar-refractivity contribution in [2.24, 2.45) is 0 Å². The molecule has 0 bridgehead atoms. The van der Waals surface area contributed by atoms with Crippen LogP contribution in [0.15, 0.2) is 0 Å². The zero-order valence-electron chi connectivity index (χ0n) is 6.24. The largest absolute Gasteiger partial charge is 0.394 e. The Labute approximate surface area is 68.7 Å². The molecule has 72 valence electrons. The summed E-state index contributed by atoms with van der Waals surface area (Å²) in [5, 5.41) is 43.5. The Bertz CT molecular complexity index is 138. The summed E-state index contributed by atoms with van der Waals surface area (Å²) in [5.74, 6) is 0. The van der Waals surface area contributed by atoms with Crippen molar-refractivity contribution in [3.8, 4) is 0 Å². The summed E-state index contributed by atoms with van der Waals surface area (Å²) >= 11 is 0. The fourth-order valence-electron chi connectivity index (χ4n) is 0.618. The van der Waals surface area contributed by atoms with Gasteiger partial charge in [-0.1, -0.05) is 0 Å². The Kier molecular flexibility index (Phi) is 4.95. The van der Waals surface area contributed by atoms with Crippen LogP contribution >= 0.6 is 0 Å². The summed E-state index contributed by atoms with van der Waals surface area (Å²) in [5.41, 5.74) is 0. The number of carbonyl (C=O) groups excluding carboxylic acids is 1. The van der Waals surface area contributed by atoms with Crippen molar-refractivity contribution in [2.45, 2.75) is 24.4 Å². The van der Waals surface area contributed by atoms with Gasteiger partial charge >= 0.3 is 0 Å². The summed E-state index contributed by atoms with van der Waals surface area (Å²) in [6.07, 6.45) is -6.84. The first-order chi connectivity index (χ1) is 5.54. The Morgan fingerprint density at radius 1 is 1.08 bits per heavy atom. The van der Waals surface area contributed by atoms with Crippen LogP contribution in [-0.4, -0.2) is 62.8 Å². The van der Waals surface area contributed by atoms with Crippen molar-refractivity contribution in [3.63, 3.8) is 0 Å². The molecule has 0 aromatic heterocycles. The molecule has 0 saturated heterocycles. The Hall–Kier alpha value is -0.530. The second kappa shape index (κ2) is 5.18. The normalized spacial score (nSPS) is 21.1. The Balaban J connectivity index is 4.07. The van der Waals surface area contributed by atoms with E-state index >= 15 is 0 Å². The van der Waals surface area contributed by atoms with E-state index in [-0.39, 0.29) is 6.29 Å². The van der Waals surface area contributed by atoms with Crippen molar-refractivity contribution in [1.29, 1.82) is 0 Å². The van der Waals surface area contributed by atoms with Gasteiger partial charge in [0.05, 0.1) is 6.61 Å². The molecule has 0 aliphatic carbocycles. The van der Waals surface area contributed by atoms with Crippen molar-refractivity contribution in [3.05, 3.63) is 0 Å². The molecule has 0 aliphatic rings. The van der Waals surface area contributed by atoms with Gasteiger partial charge in [-0.25, -0.2) is 0 Å². The molecule has 0 aromatic carbocycles. The molecule has 0 radical (unpaired) electrons. The van der Waals surface area contributed by atoms with Crippen LogP contribution < -0.4 is 0 Å². The zero-order chi connectivity index (χ0) is 9.72. The maximum atomic E-state index is 9.90. The molecule has 6 nitrogen and oxygen atoms in total. The molecule has 0 amide bonds. The molecule has 0 spiro atoms. The van der Waals surface area contributed by atoms with Gasteiger partial charge < -0.3 is 30.3 Å². The fourth-order valence-corrected chi connectivity index (χ4v) is 0.618. The quantitative estimate of drug-likeness (QED) is 0.223. The van der Waals surface area contributed by atoms with Crippen molar-refractivity contribution in [2.75, 3.05) is 6.61 Å². The smallest absolute Gasteiger partial charge is 0.151 e. The second-order valence-electron chi connectivity index (χ2n) is 2.36. The molecule has 0 rings (SSSR count). The molecule has 5 N–H and O–H groups in total. The van der Waals surface area contributed by atoms with Crippen molar-refractivity contribution < 1.29 is 30.3 Å². The van der Waals surface area contributed by atoms with Crippen LogP contribution in [-0.2, 0) is 4.79 Å². The third-order valence-corrected chi connectivity index (χ3v) is 1.42.